The second-order valence-electron chi connectivity index (χ2n) is 5.70. The lowest BCUT2D eigenvalue weighted by molar-refractivity contribution is 0.476. The van der Waals surface area contributed by atoms with Gasteiger partial charge in [0.2, 0.25) is 0 Å². The van der Waals surface area contributed by atoms with Crippen molar-refractivity contribution in [2.24, 2.45) is 0 Å². The maximum absolute atomic E-state index is 9.89. The Kier molecular flexibility index (Phi) is 2.12. The van der Waals surface area contributed by atoms with Gasteiger partial charge in [0.25, 0.3) is 0 Å². The number of H-pyrrole nitrogens is 1. The van der Waals surface area contributed by atoms with E-state index < -0.39 is 0 Å². The van der Waals surface area contributed by atoms with Gasteiger partial charge in [-0.1, -0.05) is 42.5 Å². The number of aromatic hydroxyl groups is 1. The van der Waals surface area contributed by atoms with Crippen molar-refractivity contribution in [1.82, 2.24) is 4.98 Å². The molecule has 0 fully saturated rings. The van der Waals surface area contributed by atoms with Gasteiger partial charge in [-0.3, -0.25) is 0 Å². The first kappa shape index (κ1) is 11.6. The van der Waals surface area contributed by atoms with Gasteiger partial charge < -0.3 is 10.1 Å². The Balaban J connectivity index is 2.22. The first-order valence-corrected chi connectivity index (χ1v) is 7.37. The van der Waals surface area contributed by atoms with Gasteiger partial charge in [0, 0.05) is 21.7 Å². The lowest BCUT2D eigenvalue weighted by Gasteiger charge is -2.07. The predicted octanol–water partition coefficient (Wildman–Crippen LogP) is 5.33. The van der Waals surface area contributed by atoms with Crippen molar-refractivity contribution in [3.8, 4) is 5.75 Å². The Labute approximate surface area is 126 Å². The molecule has 0 aliphatic heterocycles. The molecule has 2 N–H and O–H groups in total. The fraction of sp³-hybridized carbons (Fsp3) is 0. The highest BCUT2D eigenvalue weighted by Crippen LogP contribution is 2.39. The van der Waals surface area contributed by atoms with Crippen molar-refractivity contribution in [2.75, 3.05) is 0 Å². The van der Waals surface area contributed by atoms with Crippen molar-refractivity contribution in [1.29, 1.82) is 0 Å². The number of aromatic nitrogens is 1. The molecular weight excluding hydrogens is 270 g/mol. The van der Waals surface area contributed by atoms with Crippen LogP contribution >= 0.6 is 0 Å². The number of aromatic amines is 1. The summed E-state index contributed by atoms with van der Waals surface area (Å²) in [6.07, 6.45) is 0. The molecule has 0 spiro atoms. The number of hydrogen-bond acceptors (Lipinski definition) is 1. The van der Waals surface area contributed by atoms with Crippen molar-refractivity contribution in [3.63, 3.8) is 0 Å². The maximum atomic E-state index is 9.89. The third-order valence-electron chi connectivity index (χ3n) is 4.47. The van der Waals surface area contributed by atoms with E-state index in [-0.39, 0.29) is 0 Å². The summed E-state index contributed by atoms with van der Waals surface area (Å²) in [5.74, 6) is 0.299. The molecule has 0 aliphatic rings. The van der Waals surface area contributed by atoms with Crippen LogP contribution in [0.5, 0.6) is 5.75 Å². The van der Waals surface area contributed by atoms with Crippen molar-refractivity contribution in [3.05, 3.63) is 66.7 Å². The quantitative estimate of drug-likeness (QED) is 0.370. The van der Waals surface area contributed by atoms with E-state index in [0.29, 0.717) is 5.75 Å². The molecule has 0 unspecified atom stereocenters. The van der Waals surface area contributed by atoms with Crippen LogP contribution in [0.3, 0.4) is 0 Å². The average Bonchev–Trinajstić information content (AvgIpc) is 2.94. The molecule has 4 aromatic carbocycles. The third-order valence-corrected chi connectivity index (χ3v) is 4.47. The van der Waals surface area contributed by atoms with Gasteiger partial charge in [-0.05, 0) is 40.4 Å². The molecule has 5 aromatic rings. The minimum absolute atomic E-state index is 0.299. The van der Waals surface area contributed by atoms with Crippen molar-refractivity contribution < 1.29 is 5.11 Å². The molecule has 0 atom stereocenters. The van der Waals surface area contributed by atoms with Gasteiger partial charge in [-0.25, -0.2) is 0 Å². The van der Waals surface area contributed by atoms with Gasteiger partial charge in [0.1, 0.15) is 5.75 Å². The summed E-state index contributed by atoms with van der Waals surface area (Å²) >= 11 is 0. The van der Waals surface area contributed by atoms with E-state index in [1.165, 1.54) is 21.5 Å². The van der Waals surface area contributed by atoms with Crippen LogP contribution < -0.4 is 0 Å². The standard InChI is InChI=1S/C20H13NO/c22-12-9-10-15-17(11-12)13-5-1-2-6-14(13)19-16-7-3-4-8-18(16)21-20(15)19/h1-11,21-22H. The topological polar surface area (TPSA) is 36.0 Å². The van der Waals surface area contributed by atoms with Crippen molar-refractivity contribution >= 4 is 43.4 Å². The molecule has 104 valence electrons. The van der Waals surface area contributed by atoms with Crippen LogP contribution in [0, 0.1) is 0 Å². The zero-order chi connectivity index (χ0) is 14.7. The lowest BCUT2D eigenvalue weighted by Crippen LogP contribution is -1.81. The highest BCUT2D eigenvalue weighted by Gasteiger charge is 2.13. The predicted molar refractivity (Wildman–Crippen MR) is 92.5 cm³/mol. The van der Waals surface area contributed by atoms with Crippen LogP contribution in [0.4, 0.5) is 0 Å². The Bertz CT molecular complexity index is 1180. The van der Waals surface area contributed by atoms with E-state index in [0.717, 1.165) is 21.8 Å². The fourth-order valence-electron chi connectivity index (χ4n) is 3.53. The number of hydrogen-bond donors (Lipinski definition) is 2. The van der Waals surface area contributed by atoms with Gasteiger partial charge >= 0.3 is 0 Å². The lowest BCUT2D eigenvalue weighted by atomic mass is 9.97. The number of para-hydroxylation sites is 1. The minimum Gasteiger partial charge on any atom is -0.508 e. The Morgan fingerprint density at radius 1 is 0.636 bits per heavy atom. The molecule has 0 amide bonds. The van der Waals surface area contributed by atoms with Gasteiger partial charge in [-0.2, -0.15) is 0 Å². The van der Waals surface area contributed by atoms with E-state index in [4.69, 9.17) is 0 Å². The number of phenols is 1. The van der Waals surface area contributed by atoms with Crippen LogP contribution in [0.1, 0.15) is 0 Å². The average molecular weight is 283 g/mol. The van der Waals surface area contributed by atoms with E-state index in [1.54, 1.807) is 6.07 Å². The Hall–Kier alpha value is -3.00. The molecule has 1 aromatic heterocycles. The van der Waals surface area contributed by atoms with Crippen LogP contribution in [-0.2, 0) is 0 Å². The smallest absolute Gasteiger partial charge is 0.116 e. The summed E-state index contributed by atoms with van der Waals surface area (Å²) in [7, 11) is 0. The summed E-state index contributed by atoms with van der Waals surface area (Å²) < 4.78 is 0. The molecule has 5 rings (SSSR count). The SMILES string of the molecule is Oc1ccc2c(c1)c1ccccc1c1c3ccccc3[nH]c21. The highest BCUT2D eigenvalue weighted by atomic mass is 16.3. The van der Waals surface area contributed by atoms with Gasteiger partial charge in [0.05, 0.1) is 5.52 Å². The maximum Gasteiger partial charge on any atom is 0.116 e. The van der Waals surface area contributed by atoms with Crippen LogP contribution in [-0.4, -0.2) is 10.1 Å². The summed E-state index contributed by atoms with van der Waals surface area (Å²) in [4.78, 5) is 3.55. The second kappa shape index (κ2) is 4.01. The highest BCUT2D eigenvalue weighted by molar-refractivity contribution is 6.31. The molecule has 22 heavy (non-hydrogen) atoms. The van der Waals surface area contributed by atoms with Crippen LogP contribution in [0.15, 0.2) is 66.7 Å². The zero-order valence-corrected chi connectivity index (χ0v) is 11.8. The molecular formula is C20H13NO. The molecule has 2 nitrogen and oxygen atoms in total. The molecule has 0 aliphatic carbocycles. The van der Waals surface area contributed by atoms with Crippen molar-refractivity contribution in [2.45, 2.75) is 0 Å². The Morgan fingerprint density at radius 3 is 2.23 bits per heavy atom. The molecule has 1 heterocycles. The van der Waals surface area contributed by atoms with E-state index in [1.807, 2.05) is 24.3 Å². The largest absolute Gasteiger partial charge is 0.508 e. The molecule has 0 saturated carbocycles. The summed E-state index contributed by atoms with van der Waals surface area (Å²) in [6, 6.07) is 22.4. The van der Waals surface area contributed by atoms with E-state index in [2.05, 4.69) is 41.4 Å². The molecule has 0 radical (unpaired) electrons. The van der Waals surface area contributed by atoms with Crippen LogP contribution in [0.2, 0.25) is 0 Å². The Morgan fingerprint density at radius 2 is 1.36 bits per heavy atom. The molecule has 0 saturated heterocycles. The normalized spacial score (nSPS) is 11.8. The van der Waals surface area contributed by atoms with Gasteiger partial charge in [0.15, 0.2) is 0 Å². The van der Waals surface area contributed by atoms with Crippen LogP contribution in [0.25, 0.3) is 43.4 Å². The third kappa shape index (κ3) is 1.39. The molecule has 0 bridgehead atoms. The molecule has 2 heteroatoms. The summed E-state index contributed by atoms with van der Waals surface area (Å²) in [5, 5.41) is 17.0. The monoisotopic (exact) mass is 283 g/mol. The minimum atomic E-state index is 0.299. The first-order valence-electron chi connectivity index (χ1n) is 7.37. The van der Waals surface area contributed by atoms with E-state index in [9.17, 15) is 5.11 Å². The number of phenolic OH excluding ortho intramolecular Hbond substituents is 1. The fourth-order valence-corrected chi connectivity index (χ4v) is 3.53. The number of rotatable bonds is 0. The van der Waals surface area contributed by atoms with E-state index >= 15 is 0 Å². The zero-order valence-electron chi connectivity index (χ0n) is 11.8. The van der Waals surface area contributed by atoms with Gasteiger partial charge in [-0.15, -0.1) is 0 Å². The second-order valence-corrected chi connectivity index (χ2v) is 5.70. The summed E-state index contributed by atoms with van der Waals surface area (Å²) in [6.45, 7) is 0. The summed E-state index contributed by atoms with van der Waals surface area (Å²) in [5.41, 5.74) is 2.28. The number of nitrogens with one attached hydrogen (secondary N) is 1. The first-order chi connectivity index (χ1) is 10.8. The number of fused-ring (bicyclic) bond motifs is 8. The number of benzene rings is 4.